The number of hydrogen-bond donors (Lipinski definition) is 0. The van der Waals surface area contributed by atoms with E-state index in [-0.39, 0.29) is 29.5 Å². The molecular formula is C23H21N3O4S2. The first-order valence-electron chi connectivity index (χ1n) is 9.88. The number of pyridine rings is 1. The van der Waals surface area contributed by atoms with Crippen molar-refractivity contribution in [2.24, 2.45) is 0 Å². The second-order valence-corrected chi connectivity index (χ2v) is 10.2. The van der Waals surface area contributed by atoms with Gasteiger partial charge < -0.3 is 4.74 Å². The maximum atomic E-state index is 13.2. The number of hydrogen-bond acceptors (Lipinski definition) is 7. The van der Waals surface area contributed by atoms with Crippen molar-refractivity contribution in [1.82, 2.24) is 9.97 Å². The van der Waals surface area contributed by atoms with Crippen LogP contribution < -0.4 is 9.64 Å². The summed E-state index contributed by atoms with van der Waals surface area (Å²) >= 11 is 1.40. The molecule has 0 aliphatic carbocycles. The summed E-state index contributed by atoms with van der Waals surface area (Å²) in [6.45, 7) is 0.259. The molecule has 0 aliphatic rings. The van der Waals surface area contributed by atoms with Crippen LogP contribution in [0.2, 0.25) is 0 Å². The molecule has 0 unspecified atom stereocenters. The first kappa shape index (κ1) is 21.9. The lowest BCUT2D eigenvalue weighted by Gasteiger charge is -2.20. The molecule has 0 saturated carbocycles. The maximum absolute atomic E-state index is 13.2. The lowest BCUT2D eigenvalue weighted by atomic mass is 10.2. The van der Waals surface area contributed by atoms with E-state index in [0.717, 1.165) is 15.8 Å². The summed E-state index contributed by atoms with van der Waals surface area (Å²) in [5, 5.41) is 0.530. The number of carbonyl (C=O) groups excluding carboxylic acids is 1. The molecule has 0 saturated heterocycles. The molecule has 9 heteroatoms. The first-order valence-corrected chi connectivity index (χ1v) is 12.3. The van der Waals surface area contributed by atoms with Crippen molar-refractivity contribution in [2.45, 2.75) is 17.9 Å². The van der Waals surface area contributed by atoms with Gasteiger partial charge in [0.2, 0.25) is 5.91 Å². The summed E-state index contributed by atoms with van der Waals surface area (Å²) < 4.78 is 31.6. The lowest BCUT2D eigenvalue weighted by molar-refractivity contribution is -0.118. The smallest absolute Gasteiger partial charge is 0.230 e. The zero-order valence-corrected chi connectivity index (χ0v) is 19.0. The molecule has 0 atom stereocenters. The Balaban J connectivity index is 1.56. The molecule has 2 aromatic carbocycles. The number of nitrogens with zero attached hydrogens (tertiary/aromatic N) is 3. The van der Waals surface area contributed by atoms with E-state index in [9.17, 15) is 13.2 Å². The molecule has 2 heterocycles. The van der Waals surface area contributed by atoms with Crippen LogP contribution in [0.4, 0.5) is 5.13 Å². The van der Waals surface area contributed by atoms with Gasteiger partial charge in [0.15, 0.2) is 15.0 Å². The highest BCUT2D eigenvalue weighted by molar-refractivity contribution is 7.91. The second kappa shape index (κ2) is 9.46. The normalized spacial score (nSPS) is 11.4. The van der Waals surface area contributed by atoms with E-state index >= 15 is 0 Å². The van der Waals surface area contributed by atoms with Gasteiger partial charge in [-0.05, 0) is 48.0 Å². The fourth-order valence-corrected chi connectivity index (χ4v) is 5.38. The number of thiazole rings is 1. The summed E-state index contributed by atoms with van der Waals surface area (Å²) in [6.07, 6.45) is 3.18. The first-order chi connectivity index (χ1) is 15.5. The predicted octanol–water partition coefficient (Wildman–Crippen LogP) is 4.10. The molecule has 164 valence electrons. The van der Waals surface area contributed by atoms with Crippen LogP contribution >= 0.6 is 11.3 Å². The van der Waals surface area contributed by atoms with Crippen LogP contribution in [0.25, 0.3) is 10.2 Å². The van der Waals surface area contributed by atoms with Gasteiger partial charge in [0.1, 0.15) is 5.75 Å². The van der Waals surface area contributed by atoms with E-state index in [1.165, 1.54) is 35.5 Å². The summed E-state index contributed by atoms with van der Waals surface area (Å²) in [4.78, 5) is 23.6. The molecule has 0 spiro atoms. The third-order valence-corrected chi connectivity index (χ3v) is 7.67. The molecule has 0 bridgehead atoms. The summed E-state index contributed by atoms with van der Waals surface area (Å²) in [5.41, 5.74) is 1.63. The van der Waals surface area contributed by atoms with Crippen LogP contribution in [0.5, 0.6) is 5.75 Å². The molecule has 0 aliphatic heterocycles. The van der Waals surface area contributed by atoms with Crippen LogP contribution in [-0.2, 0) is 21.2 Å². The number of amides is 1. The number of anilines is 1. The Morgan fingerprint density at radius 2 is 1.84 bits per heavy atom. The number of para-hydroxylation sites is 1. The Bertz CT molecular complexity index is 1290. The van der Waals surface area contributed by atoms with Crippen molar-refractivity contribution in [3.8, 4) is 5.75 Å². The maximum Gasteiger partial charge on any atom is 0.230 e. The van der Waals surface area contributed by atoms with Crippen LogP contribution in [0.3, 0.4) is 0 Å². The minimum absolute atomic E-state index is 0.157. The van der Waals surface area contributed by atoms with E-state index < -0.39 is 9.84 Å². The van der Waals surface area contributed by atoms with E-state index in [2.05, 4.69) is 9.97 Å². The quantitative estimate of drug-likeness (QED) is 0.388. The van der Waals surface area contributed by atoms with E-state index in [1.807, 2.05) is 30.3 Å². The highest BCUT2D eigenvalue weighted by Gasteiger charge is 2.23. The molecule has 0 radical (unpaired) electrons. The Morgan fingerprint density at radius 3 is 2.53 bits per heavy atom. The Labute approximate surface area is 190 Å². The fraction of sp³-hybridized carbons (Fsp3) is 0.174. The van der Waals surface area contributed by atoms with Crippen LogP contribution in [0.15, 0.2) is 78.0 Å². The second-order valence-electron chi connectivity index (χ2n) is 7.05. The molecule has 4 aromatic rings. The number of sulfone groups is 1. The average Bonchev–Trinajstić information content (AvgIpc) is 3.26. The summed E-state index contributed by atoms with van der Waals surface area (Å²) in [6, 6.07) is 17.4. The number of benzene rings is 2. The highest BCUT2D eigenvalue weighted by atomic mass is 32.2. The SMILES string of the molecule is COc1ccc(S(=O)(=O)CCC(=O)N(Cc2cccnc2)c2nc3ccccc3s2)cc1. The topological polar surface area (TPSA) is 89.5 Å². The molecule has 0 fully saturated rings. The lowest BCUT2D eigenvalue weighted by Crippen LogP contribution is -2.31. The highest BCUT2D eigenvalue weighted by Crippen LogP contribution is 2.30. The number of ether oxygens (including phenoxy) is 1. The van der Waals surface area contributed by atoms with Gasteiger partial charge >= 0.3 is 0 Å². The molecule has 7 nitrogen and oxygen atoms in total. The molecule has 1 amide bonds. The van der Waals surface area contributed by atoms with Gasteiger partial charge in [-0.2, -0.15) is 0 Å². The molecule has 32 heavy (non-hydrogen) atoms. The predicted molar refractivity (Wildman–Crippen MR) is 125 cm³/mol. The van der Waals surface area contributed by atoms with Gasteiger partial charge in [0.05, 0.1) is 34.5 Å². The number of rotatable bonds is 8. The zero-order valence-electron chi connectivity index (χ0n) is 17.3. The Hall–Kier alpha value is -3.30. The minimum Gasteiger partial charge on any atom is -0.497 e. The van der Waals surface area contributed by atoms with Crippen molar-refractivity contribution in [3.63, 3.8) is 0 Å². The molecular weight excluding hydrogens is 446 g/mol. The zero-order chi connectivity index (χ0) is 22.6. The Kier molecular flexibility index (Phi) is 6.48. The minimum atomic E-state index is -3.63. The van der Waals surface area contributed by atoms with Gasteiger partial charge in [-0.1, -0.05) is 29.5 Å². The van der Waals surface area contributed by atoms with Gasteiger partial charge in [0, 0.05) is 18.8 Å². The van der Waals surface area contributed by atoms with Crippen molar-refractivity contribution in [1.29, 1.82) is 0 Å². The third kappa shape index (κ3) is 4.95. The monoisotopic (exact) mass is 467 g/mol. The molecule has 2 aromatic heterocycles. The number of aromatic nitrogens is 2. The van der Waals surface area contributed by atoms with Gasteiger partial charge in [-0.15, -0.1) is 0 Å². The number of fused-ring (bicyclic) bond motifs is 1. The standard InChI is InChI=1S/C23H21N3O4S2/c1-30-18-8-10-19(11-9-18)32(28,29)14-12-22(27)26(16-17-5-4-13-24-15-17)23-25-20-6-2-3-7-21(20)31-23/h2-11,13,15H,12,14,16H2,1H3. The van der Waals surface area contributed by atoms with E-state index in [1.54, 1.807) is 30.6 Å². The fourth-order valence-electron chi connectivity index (χ4n) is 3.17. The van der Waals surface area contributed by atoms with E-state index in [4.69, 9.17) is 4.74 Å². The summed E-state index contributed by atoms with van der Waals surface area (Å²) in [7, 11) is -2.11. The van der Waals surface area contributed by atoms with Gasteiger partial charge in [-0.3, -0.25) is 14.7 Å². The molecule has 4 rings (SSSR count). The van der Waals surface area contributed by atoms with Crippen LogP contribution in [0.1, 0.15) is 12.0 Å². The number of methoxy groups -OCH3 is 1. The van der Waals surface area contributed by atoms with Gasteiger partial charge in [0.25, 0.3) is 0 Å². The van der Waals surface area contributed by atoms with Crippen molar-refractivity contribution >= 4 is 42.4 Å². The van der Waals surface area contributed by atoms with Crippen molar-refractivity contribution in [2.75, 3.05) is 17.8 Å². The largest absolute Gasteiger partial charge is 0.497 e. The van der Waals surface area contributed by atoms with Crippen LogP contribution in [0, 0.1) is 0 Å². The average molecular weight is 468 g/mol. The van der Waals surface area contributed by atoms with E-state index in [0.29, 0.717) is 10.9 Å². The van der Waals surface area contributed by atoms with Gasteiger partial charge in [-0.25, -0.2) is 13.4 Å². The number of carbonyl (C=O) groups is 1. The van der Waals surface area contributed by atoms with Crippen LogP contribution in [-0.4, -0.2) is 37.2 Å². The van der Waals surface area contributed by atoms with Crippen molar-refractivity contribution in [3.05, 3.63) is 78.6 Å². The third-order valence-electron chi connectivity index (χ3n) is 4.88. The summed E-state index contributed by atoms with van der Waals surface area (Å²) in [5.74, 6) is -0.0458. The molecule has 0 N–H and O–H groups in total. The van der Waals surface area contributed by atoms with Crippen molar-refractivity contribution < 1.29 is 17.9 Å². The Morgan fingerprint density at radius 1 is 1.06 bits per heavy atom.